The summed E-state index contributed by atoms with van der Waals surface area (Å²) < 4.78 is 2.36. The van der Waals surface area contributed by atoms with Crippen molar-refractivity contribution in [2.75, 3.05) is 13.1 Å². The first-order valence-corrected chi connectivity index (χ1v) is 8.31. The number of fused-ring (bicyclic) bond motifs is 1. The lowest BCUT2D eigenvalue weighted by Gasteiger charge is -2.16. The highest BCUT2D eigenvalue weighted by Gasteiger charge is 2.13. The smallest absolute Gasteiger partial charge is 0.315 e. The molecule has 0 spiro atoms. The first-order valence-electron chi connectivity index (χ1n) is 8.31. The van der Waals surface area contributed by atoms with E-state index in [2.05, 4.69) is 34.2 Å². The van der Waals surface area contributed by atoms with Gasteiger partial charge in [-0.15, -0.1) is 0 Å². The van der Waals surface area contributed by atoms with Gasteiger partial charge in [0.25, 0.3) is 11.5 Å². The molecule has 2 heterocycles. The molecule has 0 aromatic carbocycles. The summed E-state index contributed by atoms with van der Waals surface area (Å²) in [5.41, 5.74) is -0.307. The van der Waals surface area contributed by atoms with Crippen LogP contribution < -0.4 is 11.2 Å². The van der Waals surface area contributed by atoms with Crippen molar-refractivity contribution in [2.24, 2.45) is 24.4 Å². The number of hydrogen-bond donors (Lipinski definition) is 1. The molecule has 0 atom stereocenters. The van der Waals surface area contributed by atoms with E-state index in [-0.39, 0.29) is 17.1 Å². The SMILES string of the molecule is CCCCN(CCCC)/N=N/c1nc2c([nH]1)c(=O)n(C)c(=O)n2C. The number of nitrogens with zero attached hydrogens (tertiary/aromatic N) is 6. The van der Waals surface area contributed by atoms with E-state index < -0.39 is 11.2 Å². The third-order valence-corrected chi connectivity index (χ3v) is 3.89. The second-order valence-corrected chi connectivity index (χ2v) is 5.81. The Labute approximate surface area is 140 Å². The normalized spacial score (nSPS) is 11.7. The molecule has 0 fully saturated rings. The monoisotopic (exact) mass is 335 g/mol. The van der Waals surface area contributed by atoms with Gasteiger partial charge >= 0.3 is 5.69 Å². The van der Waals surface area contributed by atoms with E-state index in [0.29, 0.717) is 0 Å². The average molecular weight is 335 g/mol. The van der Waals surface area contributed by atoms with Gasteiger partial charge in [0, 0.05) is 27.2 Å². The summed E-state index contributed by atoms with van der Waals surface area (Å²) in [7, 11) is 3.00. The molecule has 0 unspecified atom stereocenters. The lowest BCUT2D eigenvalue weighted by Crippen LogP contribution is -2.36. The van der Waals surface area contributed by atoms with Crippen LogP contribution in [0, 0.1) is 0 Å². The number of aryl methyl sites for hydroxylation is 1. The summed E-state index contributed by atoms with van der Waals surface area (Å²) in [4.78, 5) is 31.1. The van der Waals surface area contributed by atoms with E-state index in [1.807, 2.05) is 5.01 Å². The third-order valence-electron chi connectivity index (χ3n) is 3.89. The maximum atomic E-state index is 12.1. The quantitative estimate of drug-likeness (QED) is 0.587. The zero-order valence-corrected chi connectivity index (χ0v) is 14.7. The topological polar surface area (TPSA) is 101 Å². The highest BCUT2D eigenvalue weighted by molar-refractivity contribution is 5.71. The van der Waals surface area contributed by atoms with E-state index >= 15 is 0 Å². The van der Waals surface area contributed by atoms with Crippen molar-refractivity contribution in [1.29, 1.82) is 0 Å². The number of imidazole rings is 1. The molecule has 0 aliphatic heterocycles. The van der Waals surface area contributed by atoms with Gasteiger partial charge in [-0.3, -0.25) is 18.9 Å². The zero-order valence-electron chi connectivity index (χ0n) is 14.7. The molecule has 0 aliphatic rings. The molecular formula is C15H25N7O2. The molecule has 0 aliphatic carbocycles. The highest BCUT2D eigenvalue weighted by Crippen LogP contribution is 2.12. The Kier molecular flexibility index (Phi) is 5.88. The van der Waals surface area contributed by atoms with E-state index in [0.717, 1.165) is 43.3 Å². The second-order valence-electron chi connectivity index (χ2n) is 5.81. The van der Waals surface area contributed by atoms with Crippen LogP contribution in [0.25, 0.3) is 11.2 Å². The number of unbranched alkanes of at least 4 members (excludes halogenated alkanes) is 2. The Morgan fingerprint density at radius 1 is 1.08 bits per heavy atom. The van der Waals surface area contributed by atoms with Gasteiger partial charge in [-0.25, -0.2) is 4.79 Å². The first kappa shape index (κ1) is 17.9. The number of aromatic nitrogens is 4. The number of rotatable bonds is 8. The maximum absolute atomic E-state index is 12.1. The van der Waals surface area contributed by atoms with Gasteiger partial charge in [0.1, 0.15) is 0 Å². The molecule has 2 aromatic heterocycles. The van der Waals surface area contributed by atoms with Crippen LogP contribution in [0.1, 0.15) is 39.5 Å². The molecule has 2 rings (SSSR count). The molecule has 0 saturated carbocycles. The number of aromatic amines is 1. The molecule has 0 amide bonds. The molecule has 2 aromatic rings. The van der Waals surface area contributed by atoms with E-state index in [1.54, 1.807) is 7.05 Å². The Hall–Kier alpha value is -2.45. The molecule has 0 radical (unpaired) electrons. The Balaban J connectivity index is 2.31. The largest absolute Gasteiger partial charge is 0.332 e. The summed E-state index contributed by atoms with van der Waals surface area (Å²) in [6, 6.07) is 0. The van der Waals surface area contributed by atoms with Gasteiger partial charge in [0.15, 0.2) is 11.2 Å². The molecule has 9 nitrogen and oxygen atoms in total. The molecule has 0 saturated heterocycles. The number of nitrogens with one attached hydrogen (secondary N) is 1. The van der Waals surface area contributed by atoms with Crippen molar-refractivity contribution in [2.45, 2.75) is 39.5 Å². The molecule has 9 heteroatoms. The van der Waals surface area contributed by atoms with Crippen LogP contribution in [-0.2, 0) is 14.1 Å². The first-order chi connectivity index (χ1) is 11.5. The van der Waals surface area contributed by atoms with Crippen LogP contribution in [0.4, 0.5) is 5.95 Å². The minimum atomic E-state index is -0.421. The van der Waals surface area contributed by atoms with Crippen LogP contribution >= 0.6 is 0 Å². The predicted octanol–water partition coefficient (Wildman–Crippen LogP) is 1.86. The highest BCUT2D eigenvalue weighted by atomic mass is 16.2. The standard InChI is InChI=1S/C15H25N7O2/c1-5-7-9-22(10-8-6-2)19-18-14-16-11-12(17-14)20(3)15(24)21(4)13(11)23/h5-10H2,1-4H3,(H,16,17)/b19-18+. The van der Waals surface area contributed by atoms with Gasteiger partial charge in [-0.2, -0.15) is 4.98 Å². The van der Waals surface area contributed by atoms with Crippen LogP contribution in [0.15, 0.2) is 19.9 Å². The van der Waals surface area contributed by atoms with E-state index in [9.17, 15) is 9.59 Å². The van der Waals surface area contributed by atoms with E-state index in [1.165, 1.54) is 11.6 Å². The summed E-state index contributed by atoms with van der Waals surface area (Å²) in [5.74, 6) is 0.223. The summed E-state index contributed by atoms with van der Waals surface area (Å²) in [5, 5.41) is 10.3. The lowest BCUT2D eigenvalue weighted by atomic mass is 10.3. The Morgan fingerprint density at radius 3 is 2.29 bits per heavy atom. The summed E-state index contributed by atoms with van der Waals surface area (Å²) >= 11 is 0. The average Bonchev–Trinajstić information content (AvgIpc) is 3.02. The fourth-order valence-electron chi connectivity index (χ4n) is 2.35. The van der Waals surface area contributed by atoms with Crippen molar-refractivity contribution in [1.82, 2.24) is 24.1 Å². The number of H-pyrrole nitrogens is 1. The van der Waals surface area contributed by atoms with Crippen LogP contribution in [0.5, 0.6) is 0 Å². The Morgan fingerprint density at radius 2 is 1.71 bits per heavy atom. The fourth-order valence-corrected chi connectivity index (χ4v) is 2.35. The van der Waals surface area contributed by atoms with Crippen LogP contribution in [0.2, 0.25) is 0 Å². The molecule has 24 heavy (non-hydrogen) atoms. The third kappa shape index (κ3) is 3.72. The van der Waals surface area contributed by atoms with Crippen molar-refractivity contribution < 1.29 is 0 Å². The summed E-state index contributed by atoms with van der Waals surface area (Å²) in [6.07, 6.45) is 4.25. The minimum Gasteiger partial charge on any atom is -0.315 e. The lowest BCUT2D eigenvalue weighted by molar-refractivity contribution is 0.261. The molecule has 1 N–H and O–H groups in total. The van der Waals surface area contributed by atoms with Crippen LogP contribution in [0.3, 0.4) is 0 Å². The van der Waals surface area contributed by atoms with Gasteiger partial charge in [0.05, 0.1) is 0 Å². The van der Waals surface area contributed by atoms with Gasteiger partial charge in [-0.1, -0.05) is 37.0 Å². The van der Waals surface area contributed by atoms with Gasteiger partial charge in [0.2, 0.25) is 0 Å². The fraction of sp³-hybridized carbons (Fsp3) is 0.667. The van der Waals surface area contributed by atoms with Crippen molar-refractivity contribution >= 4 is 17.1 Å². The number of hydrogen-bond acceptors (Lipinski definition) is 5. The zero-order chi connectivity index (χ0) is 17.7. The minimum absolute atomic E-state index is 0.223. The molecular weight excluding hydrogens is 310 g/mol. The molecule has 132 valence electrons. The van der Waals surface area contributed by atoms with Crippen LogP contribution in [-0.4, -0.2) is 37.2 Å². The van der Waals surface area contributed by atoms with Gasteiger partial charge in [-0.05, 0) is 12.8 Å². The van der Waals surface area contributed by atoms with Crippen molar-refractivity contribution in [3.05, 3.63) is 20.8 Å². The van der Waals surface area contributed by atoms with Crippen molar-refractivity contribution in [3.63, 3.8) is 0 Å². The Bertz CT molecular complexity index is 823. The summed E-state index contributed by atoms with van der Waals surface area (Å²) in [6.45, 7) is 5.93. The molecule has 0 bridgehead atoms. The van der Waals surface area contributed by atoms with Gasteiger partial charge < -0.3 is 4.98 Å². The predicted molar refractivity (Wildman–Crippen MR) is 92.5 cm³/mol. The van der Waals surface area contributed by atoms with Crippen molar-refractivity contribution in [3.8, 4) is 0 Å². The second kappa shape index (κ2) is 7.89. The maximum Gasteiger partial charge on any atom is 0.332 e. The van der Waals surface area contributed by atoms with E-state index in [4.69, 9.17) is 0 Å².